The standard InChI is InChI=1S/C15H22N2O3/c1-12-5-2-3-6-13(12)17-14(18)9-20-15(10-16)7-4-8-19-11-15/h2-3,5-6H,4,7-11,16H2,1H3,(H,17,18). The van der Waals surface area contributed by atoms with E-state index in [2.05, 4.69) is 5.32 Å². The Morgan fingerprint density at radius 2 is 2.30 bits per heavy atom. The minimum absolute atomic E-state index is 0.00507. The zero-order chi connectivity index (χ0) is 14.4. The zero-order valence-corrected chi connectivity index (χ0v) is 11.9. The van der Waals surface area contributed by atoms with Gasteiger partial charge in [-0.25, -0.2) is 0 Å². The molecular formula is C15H22N2O3. The minimum atomic E-state index is -0.513. The van der Waals surface area contributed by atoms with E-state index in [-0.39, 0.29) is 12.5 Å². The number of hydrogen-bond acceptors (Lipinski definition) is 4. The molecule has 1 saturated heterocycles. The molecule has 5 heteroatoms. The number of ether oxygens (including phenoxy) is 2. The Labute approximate surface area is 119 Å². The molecule has 1 unspecified atom stereocenters. The van der Waals surface area contributed by atoms with E-state index in [4.69, 9.17) is 15.2 Å². The van der Waals surface area contributed by atoms with Gasteiger partial charge >= 0.3 is 0 Å². The van der Waals surface area contributed by atoms with Gasteiger partial charge in [0.1, 0.15) is 12.2 Å². The van der Waals surface area contributed by atoms with Crippen LogP contribution in [0.5, 0.6) is 0 Å². The summed E-state index contributed by atoms with van der Waals surface area (Å²) in [5.41, 5.74) is 7.08. The Hall–Kier alpha value is -1.43. The third-order valence-electron chi connectivity index (χ3n) is 3.59. The van der Waals surface area contributed by atoms with Crippen LogP contribution in [0.2, 0.25) is 0 Å². The van der Waals surface area contributed by atoms with E-state index in [1.54, 1.807) is 0 Å². The SMILES string of the molecule is Cc1ccccc1NC(=O)COC1(CN)CCCOC1. The lowest BCUT2D eigenvalue weighted by molar-refractivity contribution is -0.143. The maximum Gasteiger partial charge on any atom is 0.250 e. The maximum atomic E-state index is 11.9. The summed E-state index contributed by atoms with van der Waals surface area (Å²) < 4.78 is 11.1. The molecule has 2 rings (SSSR count). The van der Waals surface area contributed by atoms with Crippen LogP contribution in [0.4, 0.5) is 5.69 Å². The molecule has 0 spiro atoms. The number of hydrogen-bond donors (Lipinski definition) is 2. The molecule has 1 atom stereocenters. The highest BCUT2D eigenvalue weighted by Crippen LogP contribution is 2.22. The normalized spacial score (nSPS) is 22.5. The van der Waals surface area contributed by atoms with Gasteiger partial charge in [0, 0.05) is 18.8 Å². The molecule has 1 amide bonds. The van der Waals surface area contributed by atoms with Crippen LogP contribution in [-0.2, 0) is 14.3 Å². The van der Waals surface area contributed by atoms with E-state index in [9.17, 15) is 4.79 Å². The summed E-state index contributed by atoms with van der Waals surface area (Å²) in [4.78, 5) is 11.9. The predicted molar refractivity (Wildman–Crippen MR) is 77.6 cm³/mol. The average Bonchev–Trinajstić information content (AvgIpc) is 2.49. The molecule has 5 nitrogen and oxygen atoms in total. The van der Waals surface area contributed by atoms with Crippen LogP contribution >= 0.6 is 0 Å². The molecule has 0 bridgehead atoms. The molecule has 20 heavy (non-hydrogen) atoms. The molecule has 1 aliphatic heterocycles. The van der Waals surface area contributed by atoms with Gasteiger partial charge in [-0.1, -0.05) is 18.2 Å². The molecule has 110 valence electrons. The first kappa shape index (κ1) is 15.0. The second-order valence-electron chi connectivity index (χ2n) is 5.20. The van der Waals surface area contributed by atoms with Crippen molar-refractivity contribution in [3.63, 3.8) is 0 Å². The highest BCUT2D eigenvalue weighted by molar-refractivity contribution is 5.92. The van der Waals surface area contributed by atoms with Crippen LogP contribution in [-0.4, -0.2) is 37.9 Å². The molecule has 1 heterocycles. The van der Waals surface area contributed by atoms with Gasteiger partial charge in [-0.15, -0.1) is 0 Å². The van der Waals surface area contributed by atoms with Gasteiger partial charge in [-0.05, 0) is 31.4 Å². The summed E-state index contributed by atoms with van der Waals surface area (Å²) in [5.74, 6) is -0.169. The monoisotopic (exact) mass is 278 g/mol. The fraction of sp³-hybridized carbons (Fsp3) is 0.533. The van der Waals surface area contributed by atoms with E-state index in [0.29, 0.717) is 13.2 Å². The van der Waals surface area contributed by atoms with E-state index in [0.717, 1.165) is 30.7 Å². The lowest BCUT2D eigenvalue weighted by atomic mass is 9.96. The molecule has 0 aromatic heterocycles. The second-order valence-corrected chi connectivity index (χ2v) is 5.20. The van der Waals surface area contributed by atoms with Gasteiger partial charge in [0.05, 0.1) is 6.61 Å². The highest BCUT2D eigenvalue weighted by Gasteiger charge is 2.33. The minimum Gasteiger partial charge on any atom is -0.378 e. The fourth-order valence-corrected chi connectivity index (χ4v) is 2.28. The Bertz CT molecular complexity index is 456. The number of rotatable bonds is 5. The number of nitrogens with one attached hydrogen (secondary N) is 1. The summed E-state index contributed by atoms with van der Waals surface area (Å²) in [6.07, 6.45) is 1.75. The molecule has 1 aromatic rings. The van der Waals surface area contributed by atoms with Crippen LogP contribution in [0.3, 0.4) is 0 Å². The highest BCUT2D eigenvalue weighted by atomic mass is 16.5. The number of para-hydroxylation sites is 1. The van der Waals surface area contributed by atoms with Crippen molar-refractivity contribution in [2.45, 2.75) is 25.4 Å². The molecule has 0 saturated carbocycles. The molecule has 3 N–H and O–H groups in total. The van der Waals surface area contributed by atoms with E-state index in [1.807, 2.05) is 31.2 Å². The number of amides is 1. The number of carbonyl (C=O) groups excluding carboxylic acids is 1. The molecule has 0 aliphatic carbocycles. The van der Waals surface area contributed by atoms with Crippen molar-refractivity contribution in [2.24, 2.45) is 5.73 Å². The van der Waals surface area contributed by atoms with Gasteiger partial charge in [0.25, 0.3) is 0 Å². The number of carbonyl (C=O) groups is 1. The van der Waals surface area contributed by atoms with Crippen molar-refractivity contribution in [2.75, 3.05) is 31.7 Å². The van der Waals surface area contributed by atoms with Gasteiger partial charge in [0.15, 0.2) is 0 Å². The quantitative estimate of drug-likeness (QED) is 0.855. The Kier molecular flexibility index (Phi) is 5.11. The van der Waals surface area contributed by atoms with Crippen LogP contribution < -0.4 is 11.1 Å². The van der Waals surface area contributed by atoms with Crippen LogP contribution in [0.15, 0.2) is 24.3 Å². The first-order chi connectivity index (χ1) is 9.65. The van der Waals surface area contributed by atoms with E-state index in [1.165, 1.54) is 0 Å². The second kappa shape index (κ2) is 6.83. The smallest absolute Gasteiger partial charge is 0.250 e. The van der Waals surface area contributed by atoms with Crippen molar-refractivity contribution in [3.05, 3.63) is 29.8 Å². The van der Waals surface area contributed by atoms with Crippen molar-refractivity contribution in [1.82, 2.24) is 0 Å². The Morgan fingerprint density at radius 1 is 1.50 bits per heavy atom. The first-order valence-electron chi connectivity index (χ1n) is 6.92. The lowest BCUT2D eigenvalue weighted by Crippen LogP contribution is -2.49. The first-order valence-corrected chi connectivity index (χ1v) is 6.92. The third kappa shape index (κ3) is 3.79. The van der Waals surface area contributed by atoms with Crippen molar-refractivity contribution < 1.29 is 14.3 Å². The fourth-order valence-electron chi connectivity index (χ4n) is 2.28. The number of nitrogens with two attached hydrogens (primary N) is 1. The largest absolute Gasteiger partial charge is 0.378 e. The van der Waals surface area contributed by atoms with Crippen LogP contribution in [0.1, 0.15) is 18.4 Å². The zero-order valence-electron chi connectivity index (χ0n) is 11.9. The van der Waals surface area contributed by atoms with Crippen LogP contribution in [0.25, 0.3) is 0 Å². The van der Waals surface area contributed by atoms with E-state index < -0.39 is 5.60 Å². The number of anilines is 1. The van der Waals surface area contributed by atoms with E-state index >= 15 is 0 Å². The Morgan fingerprint density at radius 3 is 2.95 bits per heavy atom. The average molecular weight is 278 g/mol. The number of aryl methyl sites for hydroxylation is 1. The van der Waals surface area contributed by atoms with Gasteiger partial charge in [-0.3, -0.25) is 4.79 Å². The topological polar surface area (TPSA) is 73.6 Å². The third-order valence-corrected chi connectivity index (χ3v) is 3.59. The molecule has 1 aliphatic rings. The molecule has 1 fully saturated rings. The van der Waals surface area contributed by atoms with Gasteiger partial charge < -0.3 is 20.5 Å². The number of benzene rings is 1. The molecular weight excluding hydrogens is 256 g/mol. The van der Waals surface area contributed by atoms with Crippen molar-refractivity contribution in [3.8, 4) is 0 Å². The maximum absolute atomic E-state index is 11.9. The lowest BCUT2D eigenvalue weighted by Gasteiger charge is -2.35. The Balaban J connectivity index is 1.87. The summed E-state index contributed by atoms with van der Waals surface area (Å²) in [6, 6.07) is 7.65. The van der Waals surface area contributed by atoms with Crippen LogP contribution in [0, 0.1) is 6.92 Å². The predicted octanol–water partition coefficient (Wildman–Crippen LogP) is 1.46. The molecule has 1 aromatic carbocycles. The van der Waals surface area contributed by atoms with Gasteiger partial charge in [-0.2, -0.15) is 0 Å². The molecule has 0 radical (unpaired) electrons. The van der Waals surface area contributed by atoms with Crippen molar-refractivity contribution >= 4 is 11.6 Å². The summed E-state index contributed by atoms with van der Waals surface area (Å²) in [6.45, 7) is 3.51. The summed E-state index contributed by atoms with van der Waals surface area (Å²) in [7, 11) is 0. The van der Waals surface area contributed by atoms with Crippen molar-refractivity contribution in [1.29, 1.82) is 0 Å². The van der Waals surface area contributed by atoms with Gasteiger partial charge in [0.2, 0.25) is 5.91 Å². The summed E-state index contributed by atoms with van der Waals surface area (Å²) >= 11 is 0. The summed E-state index contributed by atoms with van der Waals surface area (Å²) in [5, 5.41) is 2.85.